The highest BCUT2D eigenvalue weighted by molar-refractivity contribution is 5.72. The molecule has 64 heavy (non-hydrogen) atoms. The number of ether oxygens (including phenoxy) is 10. The van der Waals surface area contributed by atoms with Crippen LogP contribution in [-0.4, -0.2) is 188 Å². The van der Waals surface area contributed by atoms with E-state index in [4.69, 9.17) is 47.4 Å². The monoisotopic (exact) mass is 924 g/mol. The van der Waals surface area contributed by atoms with Crippen molar-refractivity contribution in [1.82, 2.24) is 0 Å². The van der Waals surface area contributed by atoms with Crippen LogP contribution in [0.3, 0.4) is 0 Å². The van der Waals surface area contributed by atoms with E-state index in [9.17, 15) is 50.4 Å². The summed E-state index contributed by atoms with van der Waals surface area (Å²) in [6.45, 7) is 8.99. The molecule has 0 saturated carbocycles. The molecule has 0 aromatic heterocycles. The van der Waals surface area contributed by atoms with Crippen molar-refractivity contribution >= 4 is 11.9 Å². The van der Waals surface area contributed by atoms with Gasteiger partial charge in [0.1, 0.15) is 67.1 Å². The Balaban J connectivity index is 1.55. The first kappa shape index (κ1) is 53.3. The summed E-state index contributed by atoms with van der Waals surface area (Å²) < 4.78 is 61.8. The summed E-state index contributed by atoms with van der Waals surface area (Å²) >= 11 is 0. The topological polar surface area (TPSA) is 288 Å². The second kappa shape index (κ2) is 25.1. The zero-order chi connectivity index (χ0) is 46.8. The fourth-order valence-electron chi connectivity index (χ4n) is 8.79. The van der Waals surface area contributed by atoms with Gasteiger partial charge in [-0.15, -0.1) is 0 Å². The van der Waals surface area contributed by atoms with Crippen LogP contribution in [0.15, 0.2) is 0 Å². The quantitative estimate of drug-likeness (QED) is 0.116. The Morgan fingerprint density at radius 3 is 1.86 bits per heavy atom. The summed E-state index contributed by atoms with van der Waals surface area (Å²) in [6.07, 6.45) is -20.7. The number of aliphatic hydroxyl groups excluding tert-OH is 8. The van der Waals surface area contributed by atoms with Crippen molar-refractivity contribution in [3.8, 4) is 0 Å². The molecule has 5 fully saturated rings. The van der Waals surface area contributed by atoms with Gasteiger partial charge in [0.05, 0.1) is 36.9 Å². The van der Waals surface area contributed by atoms with Gasteiger partial charge in [-0.3, -0.25) is 9.59 Å². The van der Waals surface area contributed by atoms with Crippen molar-refractivity contribution in [2.24, 2.45) is 5.92 Å². The van der Waals surface area contributed by atoms with Crippen LogP contribution in [-0.2, 0) is 57.0 Å². The number of fused-ring (bicyclic) bond motifs is 4. The number of unbranched alkanes of at least 4 members (excludes halogenated alkanes) is 2. The average molecular weight is 925 g/mol. The molecule has 21 atom stereocenters. The van der Waals surface area contributed by atoms with E-state index in [0.29, 0.717) is 19.3 Å². The molecule has 20 heteroatoms. The second-order valence-corrected chi connectivity index (χ2v) is 18.4. The second-order valence-electron chi connectivity index (χ2n) is 18.4. The minimum Gasteiger partial charge on any atom is -0.455 e. The first-order chi connectivity index (χ1) is 30.5. The van der Waals surface area contributed by atoms with E-state index in [1.165, 1.54) is 13.8 Å². The van der Waals surface area contributed by atoms with Crippen molar-refractivity contribution in [3.05, 3.63) is 0 Å². The Labute approximate surface area is 375 Å². The molecule has 0 aromatic rings. The maximum Gasteiger partial charge on any atom is 0.308 e. The lowest BCUT2D eigenvalue weighted by Gasteiger charge is -2.50. The molecule has 5 saturated heterocycles. The van der Waals surface area contributed by atoms with E-state index in [1.807, 2.05) is 0 Å². The normalized spacial score (nSPS) is 44.9. The number of hydrogen-bond donors (Lipinski definition) is 8. The molecule has 5 rings (SSSR count). The molecule has 5 heterocycles. The van der Waals surface area contributed by atoms with E-state index in [0.717, 1.165) is 57.8 Å². The predicted molar refractivity (Wildman–Crippen MR) is 221 cm³/mol. The SMILES string of the molecule is CCCCCC1CCCCCCCCCC(=O)OC2C(OC3OC(C)C(O)C(O)C3O)C(C)OC(OC3C(OC(CO)C(O)C3O)OC3C(O1)OC(C)C(O)C3O)C2OC(=O)C(C)C. The molecule has 5 aliphatic heterocycles. The molecule has 0 spiro atoms. The fourth-order valence-corrected chi connectivity index (χ4v) is 8.79. The minimum atomic E-state index is -1.90. The van der Waals surface area contributed by atoms with E-state index in [-0.39, 0.29) is 12.5 Å². The summed E-state index contributed by atoms with van der Waals surface area (Å²) in [5, 5.41) is 87.6. The summed E-state index contributed by atoms with van der Waals surface area (Å²) in [6, 6.07) is 0. The summed E-state index contributed by atoms with van der Waals surface area (Å²) in [7, 11) is 0. The number of carbonyl (C=O) groups is 2. The number of esters is 2. The molecular formula is C44H76O20. The summed E-state index contributed by atoms with van der Waals surface area (Å²) in [4.78, 5) is 27.2. The largest absolute Gasteiger partial charge is 0.455 e. The van der Waals surface area contributed by atoms with E-state index < -0.39 is 147 Å². The first-order valence-electron chi connectivity index (χ1n) is 23.5. The van der Waals surface area contributed by atoms with Gasteiger partial charge < -0.3 is 88.2 Å². The predicted octanol–water partition coefficient (Wildman–Crippen LogP) is 0.590. The lowest BCUT2D eigenvalue weighted by Crippen LogP contribution is -2.68. The molecule has 21 unspecified atom stereocenters. The average Bonchev–Trinajstić information content (AvgIpc) is 3.25. The van der Waals surface area contributed by atoms with Crippen molar-refractivity contribution in [2.75, 3.05) is 6.61 Å². The van der Waals surface area contributed by atoms with Gasteiger partial charge in [-0.1, -0.05) is 78.6 Å². The number of carbonyl (C=O) groups excluding carboxylic acids is 2. The smallest absolute Gasteiger partial charge is 0.308 e. The number of hydrogen-bond acceptors (Lipinski definition) is 20. The summed E-state index contributed by atoms with van der Waals surface area (Å²) in [5.41, 5.74) is 0. The Hall–Kier alpha value is -1.70. The molecule has 2 bridgehead atoms. The maximum atomic E-state index is 13.7. The van der Waals surface area contributed by atoms with Gasteiger partial charge in [0.25, 0.3) is 0 Å². The minimum absolute atomic E-state index is 0.0205. The third-order valence-corrected chi connectivity index (χ3v) is 12.9. The standard InChI is InChI=1S/C44H76O20/c1-7-8-14-17-25-18-15-12-10-9-11-13-16-19-27(46)60-38-35(62-41-34(53)31(50)28(47)22(4)55-41)24(6)57-44(39(38)61-40(54)21(2)3)64-37-33(52)30(49)26(20-45)59-43(37)63-36-32(51)29(48)23(5)56-42(36)58-25/h21-26,28-39,41-45,47-53H,7-20H2,1-6H3. The zero-order valence-corrected chi connectivity index (χ0v) is 38.1. The van der Waals surface area contributed by atoms with Crippen molar-refractivity contribution in [2.45, 2.75) is 254 Å². The van der Waals surface area contributed by atoms with Crippen LogP contribution in [0, 0.1) is 5.92 Å². The van der Waals surface area contributed by atoms with Crippen LogP contribution in [0.4, 0.5) is 0 Å². The highest BCUT2D eigenvalue weighted by Gasteiger charge is 2.57. The van der Waals surface area contributed by atoms with E-state index in [1.54, 1.807) is 20.8 Å². The molecular weight excluding hydrogens is 848 g/mol. The molecule has 372 valence electrons. The molecule has 20 nitrogen and oxygen atoms in total. The van der Waals surface area contributed by atoms with Gasteiger partial charge in [0, 0.05) is 6.42 Å². The lowest BCUT2D eigenvalue weighted by molar-refractivity contribution is -0.399. The van der Waals surface area contributed by atoms with E-state index in [2.05, 4.69) is 6.92 Å². The Morgan fingerprint density at radius 1 is 0.625 bits per heavy atom. The van der Waals surface area contributed by atoms with Crippen LogP contribution in [0.5, 0.6) is 0 Å². The molecule has 5 aliphatic rings. The van der Waals surface area contributed by atoms with Crippen molar-refractivity contribution in [1.29, 1.82) is 0 Å². The van der Waals surface area contributed by atoms with Gasteiger partial charge in [0.15, 0.2) is 37.4 Å². The molecule has 0 aliphatic carbocycles. The Kier molecular flexibility index (Phi) is 20.9. The summed E-state index contributed by atoms with van der Waals surface area (Å²) in [5.74, 6) is -2.21. The molecule has 0 aromatic carbocycles. The molecule has 8 N–H and O–H groups in total. The van der Waals surface area contributed by atoms with Gasteiger partial charge >= 0.3 is 11.9 Å². The van der Waals surface area contributed by atoms with Gasteiger partial charge in [0.2, 0.25) is 0 Å². The van der Waals surface area contributed by atoms with Crippen LogP contribution in [0.1, 0.15) is 125 Å². The van der Waals surface area contributed by atoms with Crippen LogP contribution >= 0.6 is 0 Å². The third-order valence-electron chi connectivity index (χ3n) is 12.9. The first-order valence-corrected chi connectivity index (χ1v) is 23.5. The van der Waals surface area contributed by atoms with Gasteiger partial charge in [-0.2, -0.15) is 0 Å². The van der Waals surface area contributed by atoms with Crippen molar-refractivity contribution in [3.63, 3.8) is 0 Å². The van der Waals surface area contributed by atoms with Gasteiger partial charge in [-0.05, 0) is 40.0 Å². The van der Waals surface area contributed by atoms with Crippen LogP contribution in [0.25, 0.3) is 0 Å². The zero-order valence-electron chi connectivity index (χ0n) is 38.1. The third kappa shape index (κ3) is 13.5. The fraction of sp³-hybridized carbons (Fsp3) is 0.955. The lowest BCUT2D eigenvalue weighted by atomic mass is 9.95. The molecule has 0 radical (unpaired) electrons. The molecule has 0 amide bonds. The Bertz CT molecular complexity index is 1410. The highest BCUT2D eigenvalue weighted by atomic mass is 16.8. The van der Waals surface area contributed by atoms with Gasteiger partial charge in [-0.25, -0.2) is 0 Å². The Morgan fingerprint density at radius 2 is 1.20 bits per heavy atom. The highest BCUT2D eigenvalue weighted by Crippen LogP contribution is 2.37. The van der Waals surface area contributed by atoms with Crippen LogP contribution in [0.2, 0.25) is 0 Å². The van der Waals surface area contributed by atoms with E-state index >= 15 is 0 Å². The maximum absolute atomic E-state index is 13.7. The number of rotatable bonds is 9. The van der Waals surface area contributed by atoms with Crippen molar-refractivity contribution < 1.29 is 97.8 Å². The number of aliphatic hydroxyl groups is 8. The van der Waals surface area contributed by atoms with Crippen LogP contribution < -0.4 is 0 Å².